The number of carbonyl (C=O) groups excluding carboxylic acids is 1. The van der Waals surface area contributed by atoms with Crippen LogP contribution in [0.15, 0.2) is 65.5 Å². The minimum absolute atomic E-state index is 0.0195. The third-order valence-corrected chi connectivity index (χ3v) is 7.11. The number of benzene rings is 2. The molecule has 168 valence electrons. The van der Waals surface area contributed by atoms with Crippen LogP contribution in [0.1, 0.15) is 31.4 Å². The van der Waals surface area contributed by atoms with Gasteiger partial charge in [-0.1, -0.05) is 72.0 Å². The summed E-state index contributed by atoms with van der Waals surface area (Å²) in [5.41, 5.74) is 2.11. The number of nitrogens with zero attached hydrogens (tertiary/aromatic N) is 4. The molecule has 0 saturated carbocycles. The van der Waals surface area contributed by atoms with E-state index in [0.717, 1.165) is 30.5 Å². The normalized spacial score (nSPS) is 16.8. The predicted molar refractivity (Wildman–Crippen MR) is 131 cm³/mol. The fraction of sp³-hybridized carbons (Fsp3) is 0.280. The smallest absolute Gasteiger partial charge is 0.281 e. The number of rotatable bonds is 5. The number of fused-ring (bicyclic) bond motifs is 1. The molecule has 1 fully saturated rings. The molecule has 2 atom stereocenters. The Labute approximate surface area is 195 Å². The lowest BCUT2D eigenvalue weighted by atomic mass is 10.1. The van der Waals surface area contributed by atoms with Crippen molar-refractivity contribution in [2.45, 2.75) is 31.8 Å². The number of aromatic nitrogens is 3. The standard InChI is InChI=1S/C25H25N5O2S/c1-16(17-10-5-3-6-11-17)26-22(31)19-14-9-15-30(19)25-27-20-23(33-25)28-21(29(2)24(20)32)18-12-7-4-8-13-18/h3-8,10-13,16,19H,9,14-15H2,1-2H3,(H,26,31)/t16-,19-/m1/s1. The highest BCUT2D eigenvalue weighted by atomic mass is 32.1. The van der Waals surface area contributed by atoms with Crippen molar-refractivity contribution in [2.24, 2.45) is 7.05 Å². The molecule has 0 bridgehead atoms. The third-order valence-electron chi connectivity index (χ3n) is 6.12. The molecule has 2 aromatic heterocycles. The van der Waals surface area contributed by atoms with E-state index in [-0.39, 0.29) is 23.6 Å². The van der Waals surface area contributed by atoms with Crippen LogP contribution in [0.4, 0.5) is 5.13 Å². The Morgan fingerprint density at radius 3 is 2.52 bits per heavy atom. The van der Waals surface area contributed by atoms with Gasteiger partial charge in [-0.2, -0.15) is 0 Å². The molecule has 2 aromatic carbocycles. The van der Waals surface area contributed by atoms with Crippen LogP contribution in [0.2, 0.25) is 0 Å². The molecule has 1 N–H and O–H groups in total. The number of thiazole rings is 1. The summed E-state index contributed by atoms with van der Waals surface area (Å²) in [6.45, 7) is 2.71. The van der Waals surface area contributed by atoms with E-state index in [9.17, 15) is 9.59 Å². The van der Waals surface area contributed by atoms with Crippen molar-refractivity contribution < 1.29 is 4.79 Å². The van der Waals surface area contributed by atoms with Crippen LogP contribution >= 0.6 is 11.3 Å². The highest BCUT2D eigenvalue weighted by Gasteiger charge is 2.34. The van der Waals surface area contributed by atoms with Crippen LogP contribution in [0, 0.1) is 0 Å². The molecule has 3 heterocycles. The number of hydrogen-bond acceptors (Lipinski definition) is 6. The molecule has 7 nitrogen and oxygen atoms in total. The van der Waals surface area contributed by atoms with Crippen LogP contribution in [0.5, 0.6) is 0 Å². The van der Waals surface area contributed by atoms with E-state index < -0.39 is 0 Å². The predicted octanol–water partition coefficient (Wildman–Crippen LogP) is 3.90. The zero-order valence-electron chi connectivity index (χ0n) is 18.6. The number of carbonyl (C=O) groups is 1. The van der Waals surface area contributed by atoms with Gasteiger partial charge in [-0.3, -0.25) is 14.2 Å². The fourth-order valence-corrected chi connectivity index (χ4v) is 5.32. The Bertz CT molecular complexity index is 1350. The first kappa shape index (κ1) is 21.3. The minimum Gasteiger partial charge on any atom is -0.348 e. The Kier molecular flexibility index (Phi) is 5.68. The van der Waals surface area contributed by atoms with Gasteiger partial charge in [-0.05, 0) is 25.3 Å². The quantitative estimate of drug-likeness (QED) is 0.490. The largest absolute Gasteiger partial charge is 0.348 e. The van der Waals surface area contributed by atoms with E-state index in [4.69, 9.17) is 4.98 Å². The lowest BCUT2D eigenvalue weighted by Gasteiger charge is -2.25. The zero-order valence-corrected chi connectivity index (χ0v) is 19.4. The zero-order chi connectivity index (χ0) is 22.9. The second-order valence-corrected chi connectivity index (χ2v) is 9.26. The van der Waals surface area contributed by atoms with E-state index in [2.05, 4.69) is 10.3 Å². The van der Waals surface area contributed by atoms with Gasteiger partial charge in [0.15, 0.2) is 15.5 Å². The first-order chi connectivity index (χ1) is 16.0. The Hall–Kier alpha value is -3.52. The molecule has 5 rings (SSSR count). The second kappa shape index (κ2) is 8.78. The van der Waals surface area contributed by atoms with E-state index in [1.165, 1.54) is 15.9 Å². The number of anilines is 1. The lowest BCUT2D eigenvalue weighted by Crippen LogP contribution is -2.44. The van der Waals surface area contributed by atoms with Crippen molar-refractivity contribution in [1.29, 1.82) is 0 Å². The second-order valence-electron chi connectivity index (χ2n) is 8.31. The maximum absolute atomic E-state index is 13.1. The first-order valence-corrected chi connectivity index (χ1v) is 11.9. The summed E-state index contributed by atoms with van der Waals surface area (Å²) < 4.78 is 1.54. The molecular formula is C25H25N5O2S. The van der Waals surface area contributed by atoms with Gasteiger partial charge in [-0.25, -0.2) is 9.97 Å². The number of nitrogens with one attached hydrogen (secondary N) is 1. The van der Waals surface area contributed by atoms with Crippen molar-refractivity contribution in [3.05, 3.63) is 76.6 Å². The summed E-state index contributed by atoms with van der Waals surface area (Å²) in [7, 11) is 1.72. The van der Waals surface area contributed by atoms with Crippen molar-refractivity contribution in [1.82, 2.24) is 19.9 Å². The van der Waals surface area contributed by atoms with Gasteiger partial charge in [0, 0.05) is 19.2 Å². The average molecular weight is 460 g/mol. The number of amides is 1. The van der Waals surface area contributed by atoms with Crippen molar-refractivity contribution >= 4 is 32.7 Å². The Morgan fingerprint density at radius 2 is 1.79 bits per heavy atom. The molecule has 0 radical (unpaired) electrons. The summed E-state index contributed by atoms with van der Waals surface area (Å²) in [6.07, 6.45) is 1.65. The van der Waals surface area contributed by atoms with Crippen LogP contribution in [0.3, 0.4) is 0 Å². The van der Waals surface area contributed by atoms with E-state index in [0.29, 0.717) is 21.3 Å². The molecular weight excluding hydrogens is 434 g/mol. The maximum Gasteiger partial charge on any atom is 0.281 e. The van der Waals surface area contributed by atoms with Crippen LogP contribution in [0.25, 0.3) is 21.7 Å². The maximum atomic E-state index is 13.1. The topological polar surface area (TPSA) is 80.1 Å². The highest BCUT2D eigenvalue weighted by Crippen LogP contribution is 2.32. The van der Waals surface area contributed by atoms with Gasteiger partial charge in [0.25, 0.3) is 5.56 Å². The summed E-state index contributed by atoms with van der Waals surface area (Å²) in [6, 6.07) is 19.2. The Morgan fingerprint density at radius 1 is 1.09 bits per heavy atom. The van der Waals surface area contributed by atoms with Gasteiger partial charge in [0.2, 0.25) is 5.91 Å². The Balaban J connectivity index is 1.44. The van der Waals surface area contributed by atoms with Gasteiger partial charge in [0.05, 0.1) is 6.04 Å². The SMILES string of the molecule is C[C@@H](NC(=O)[C@H]1CCCN1c1nc2c(=O)n(C)c(-c3ccccc3)nc2s1)c1ccccc1. The minimum atomic E-state index is -0.311. The van der Waals surface area contributed by atoms with E-state index >= 15 is 0 Å². The summed E-state index contributed by atoms with van der Waals surface area (Å²) in [5.74, 6) is 0.588. The van der Waals surface area contributed by atoms with E-state index in [1.807, 2.05) is 72.5 Å². The van der Waals surface area contributed by atoms with Gasteiger partial charge < -0.3 is 10.2 Å². The van der Waals surface area contributed by atoms with Crippen LogP contribution < -0.4 is 15.8 Å². The van der Waals surface area contributed by atoms with Gasteiger partial charge >= 0.3 is 0 Å². The molecule has 1 aliphatic heterocycles. The molecule has 0 unspecified atom stereocenters. The summed E-state index contributed by atoms with van der Waals surface area (Å²) in [4.78, 5) is 38.2. The van der Waals surface area contributed by atoms with Gasteiger partial charge in [-0.15, -0.1) is 0 Å². The molecule has 33 heavy (non-hydrogen) atoms. The molecule has 8 heteroatoms. The van der Waals surface area contributed by atoms with Crippen molar-refractivity contribution in [3.8, 4) is 11.4 Å². The van der Waals surface area contributed by atoms with Gasteiger partial charge in [0.1, 0.15) is 11.9 Å². The molecule has 4 aromatic rings. The monoisotopic (exact) mass is 459 g/mol. The average Bonchev–Trinajstić information content (AvgIpc) is 3.50. The third kappa shape index (κ3) is 4.02. The summed E-state index contributed by atoms with van der Waals surface area (Å²) >= 11 is 1.37. The molecule has 1 saturated heterocycles. The van der Waals surface area contributed by atoms with Crippen LogP contribution in [-0.4, -0.2) is 33.0 Å². The van der Waals surface area contributed by atoms with Crippen LogP contribution in [-0.2, 0) is 11.8 Å². The molecule has 0 aliphatic carbocycles. The van der Waals surface area contributed by atoms with Crippen molar-refractivity contribution in [2.75, 3.05) is 11.4 Å². The molecule has 1 amide bonds. The van der Waals surface area contributed by atoms with Crippen molar-refractivity contribution in [3.63, 3.8) is 0 Å². The fourth-order valence-electron chi connectivity index (χ4n) is 4.31. The molecule has 0 spiro atoms. The molecule has 1 aliphatic rings. The van der Waals surface area contributed by atoms with E-state index in [1.54, 1.807) is 7.05 Å². The lowest BCUT2D eigenvalue weighted by molar-refractivity contribution is -0.122. The number of hydrogen-bond donors (Lipinski definition) is 1. The first-order valence-electron chi connectivity index (χ1n) is 11.1. The summed E-state index contributed by atoms with van der Waals surface area (Å²) in [5, 5.41) is 3.81. The highest BCUT2D eigenvalue weighted by molar-refractivity contribution is 7.21.